The minimum atomic E-state index is 0.0897. The van der Waals surface area contributed by atoms with Crippen molar-refractivity contribution in [3.05, 3.63) is 11.8 Å². The fraction of sp³-hybridized carbons (Fsp3) is 0.846. The molecule has 102 valence electrons. The lowest BCUT2D eigenvalue weighted by molar-refractivity contribution is -0.0603. The molecule has 0 radical (unpaired) electrons. The van der Waals surface area contributed by atoms with E-state index >= 15 is 0 Å². The molecular formula is C13H23N3O2. The van der Waals surface area contributed by atoms with E-state index in [-0.39, 0.29) is 12.1 Å². The van der Waals surface area contributed by atoms with Crippen LogP contribution in [0.15, 0.2) is 11.8 Å². The molecule has 0 saturated carbocycles. The van der Waals surface area contributed by atoms with Crippen LogP contribution < -0.4 is 11.3 Å². The van der Waals surface area contributed by atoms with Crippen LogP contribution in [0.3, 0.4) is 0 Å². The summed E-state index contributed by atoms with van der Waals surface area (Å²) in [5.74, 6) is 5.73. The van der Waals surface area contributed by atoms with Crippen molar-refractivity contribution in [1.29, 1.82) is 0 Å². The first kappa shape index (κ1) is 12.4. The van der Waals surface area contributed by atoms with Gasteiger partial charge in [-0.3, -0.25) is 16.2 Å². The molecule has 0 aromatic rings. The number of hydrogen-bond acceptors (Lipinski definition) is 5. The quantitative estimate of drug-likeness (QED) is 0.562. The number of nitrogens with two attached hydrogens (primary N) is 1. The van der Waals surface area contributed by atoms with Crippen molar-refractivity contribution in [3.8, 4) is 0 Å². The Hall–Kier alpha value is -0.620. The highest BCUT2D eigenvalue weighted by molar-refractivity contribution is 5.13. The molecule has 3 rings (SSSR count). The summed E-state index contributed by atoms with van der Waals surface area (Å²) in [7, 11) is 0. The number of morpholine rings is 1. The molecule has 3 atom stereocenters. The minimum absolute atomic E-state index is 0.0897. The Bertz CT molecular complexity index is 321. The van der Waals surface area contributed by atoms with Gasteiger partial charge in [-0.2, -0.15) is 0 Å². The lowest BCUT2D eigenvalue weighted by Gasteiger charge is -2.39. The van der Waals surface area contributed by atoms with Crippen molar-refractivity contribution in [2.75, 3.05) is 26.3 Å². The van der Waals surface area contributed by atoms with E-state index in [1.807, 2.05) is 6.26 Å². The summed E-state index contributed by atoms with van der Waals surface area (Å²) in [5, 5.41) is 0. The zero-order valence-electron chi connectivity index (χ0n) is 10.8. The Morgan fingerprint density at radius 1 is 1.44 bits per heavy atom. The summed E-state index contributed by atoms with van der Waals surface area (Å²) >= 11 is 0. The summed E-state index contributed by atoms with van der Waals surface area (Å²) in [6.45, 7) is 3.85. The molecule has 0 spiro atoms. The van der Waals surface area contributed by atoms with Gasteiger partial charge in [0.1, 0.15) is 0 Å². The molecule has 3 aliphatic heterocycles. The fourth-order valence-corrected chi connectivity index (χ4v) is 3.31. The third kappa shape index (κ3) is 2.40. The van der Waals surface area contributed by atoms with E-state index in [1.165, 1.54) is 25.0 Å². The first-order valence-electron chi connectivity index (χ1n) is 7.01. The minimum Gasteiger partial charge on any atom is -0.501 e. The van der Waals surface area contributed by atoms with Crippen LogP contribution in [0.25, 0.3) is 0 Å². The first-order valence-corrected chi connectivity index (χ1v) is 7.01. The topological polar surface area (TPSA) is 59.8 Å². The highest BCUT2D eigenvalue weighted by atomic mass is 16.5. The largest absolute Gasteiger partial charge is 0.501 e. The zero-order chi connectivity index (χ0) is 12.4. The maximum Gasteiger partial charge on any atom is 0.0908 e. The maximum absolute atomic E-state index is 6.02. The van der Waals surface area contributed by atoms with Crippen molar-refractivity contribution in [1.82, 2.24) is 10.3 Å². The van der Waals surface area contributed by atoms with E-state index < -0.39 is 0 Å². The fourth-order valence-electron chi connectivity index (χ4n) is 3.31. The SMILES string of the molecule is NNC(C1=COCCC1)C1CN2CCCC2CO1. The van der Waals surface area contributed by atoms with Crippen LogP contribution in [0.1, 0.15) is 25.7 Å². The highest BCUT2D eigenvalue weighted by Gasteiger charge is 2.36. The predicted molar refractivity (Wildman–Crippen MR) is 68.7 cm³/mol. The summed E-state index contributed by atoms with van der Waals surface area (Å²) in [6.07, 6.45) is 6.72. The van der Waals surface area contributed by atoms with Crippen molar-refractivity contribution in [2.45, 2.75) is 43.9 Å². The zero-order valence-corrected chi connectivity index (χ0v) is 10.8. The van der Waals surface area contributed by atoms with Gasteiger partial charge in [-0.1, -0.05) is 0 Å². The van der Waals surface area contributed by atoms with Gasteiger partial charge in [-0.05, 0) is 37.8 Å². The summed E-state index contributed by atoms with van der Waals surface area (Å²) in [5.41, 5.74) is 4.16. The van der Waals surface area contributed by atoms with Crippen LogP contribution in [0.2, 0.25) is 0 Å². The molecule has 0 aliphatic carbocycles. The normalized spacial score (nSPS) is 34.6. The van der Waals surface area contributed by atoms with Gasteiger partial charge >= 0.3 is 0 Å². The molecule has 5 nitrogen and oxygen atoms in total. The summed E-state index contributed by atoms with van der Waals surface area (Å²) in [4.78, 5) is 2.54. The van der Waals surface area contributed by atoms with Gasteiger partial charge in [-0.25, -0.2) is 0 Å². The number of fused-ring (bicyclic) bond motifs is 1. The number of hydrazine groups is 1. The van der Waals surface area contributed by atoms with Gasteiger partial charge in [0, 0.05) is 12.6 Å². The van der Waals surface area contributed by atoms with Crippen LogP contribution in [0.5, 0.6) is 0 Å². The monoisotopic (exact) mass is 253 g/mol. The molecule has 0 aromatic heterocycles. The van der Waals surface area contributed by atoms with Gasteiger partial charge in [0.05, 0.1) is 31.6 Å². The third-order valence-corrected chi connectivity index (χ3v) is 4.33. The van der Waals surface area contributed by atoms with E-state index in [0.717, 1.165) is 32.6 Å². The van der Waals surface area contributed by atoms with Crippen molar-refractivity contribution in [3.63, 3.8) is 0 Å². The molecule has 3 unspecified atom stereocenters. The lowest BCUT2D eigenvalue weighted by atomic mass is 9.96. The van der Waals surface area contributed by atoms with Crippen LogP contribution in [-0.2, 0) is 9.47 Å². The van der Waals surface area contributed by atoms with E-state index in [1.54, 1.807) is 0 Å². The van der Waals surface area contributed by atoms with Crippen molar-refractivity contribution >= 4 is 0 Å². The Morgan fingerprint density at radius 3 is 3.17 bits per heavy atom. The second-order valence-corrected chi connectivity index (χ2v) is 5.47. The molecule has 2 saturated heterocycles. The van der Waals surface area contributed by atoms with Gasteiger partial charge in [0.15, 0.2) is 0 Å². The Labute approximate surface area is 108 Å². The summed E-state index contributed by atoms with van der Waals surface area (Å²) in [6, 6.07) is 0.725. The average Bonchev–Trinajstić information content (AvgIpc) is 2.88. The lowest BCUT2D eigenvalue weighted by Crippen LogP contribution is -2.56. The number of rotatable bonds is 3. The van der Waals surface area contributed by atoms with Crippen LogP contribution in [-0.4, -0.2) is 49.4 Å². The van der Waals surface area contributed by atoms with Gasteiger partial charge < -0.3 is 9.47 Å². The Morgan fingerprint density at radius 2 is 2.39 bits per heavy atom. The second kappa shape index (κ2) is 5.57. The van der Waals surface area contributed by atoms with E-state index in [2.05, 4.69) is 10.3 Å². The predicted octanol–water partition coefficient (Wildman–Crippen LogP) is 0.376. The van der Waals surface area contributed by atoms with Gasteiger partial charge in [0.25, 0.3) is 0 Å². The molecule has 5 heteroatoms. The van der Waals surface area contributed by atoms with E-state index in [9.17, 15) is 0 Å². The second-order valence-electron chi connectivity index (χ2n) is 5.47. The number of nitrogens with one attached hydrogen (secondary N) is 1. The average molecular weight is 253 g/mol. The van der Waals surface area contributed by atoms with Crippen LogP contribution in [0, 0.1) is 0 Å². The highest BCUT2D eigenvalue weighted by Crippen LogP contribution is 2.27. The Kier molecular flexibility index (Phi) is 3.84. The smallest absolute Gasteiger partial charge is 0.0908 e. The molecule has 0 amide bonds. The molecule has 0 bridgehead atoms. The standard InChI is InChI=1S/C13H23N3O2/c14-15-13(10-3-2-6-17-8-10)12-7-16-5-1-4-11(16)9-18-12/h8,11-13,15H,1-7,9,14H2. The molecule has 2 fully saturated rings. The first-order chi connectivity index (χ1) is 8.88. The van der Waals surface area contributed by atoms with Crippen molar-refractivity contribution in [2.24, 2.45) is 5.84 Å². The number of nitrogens with zero attached hydrogens (tertiary/aromatic N) is 1. The van der Waals surface area contributed by atoms with E-state index in [0.29, 0.717) is 6.04 Å². The molecular weight excluding hydrogens is 230 g/mol. The third-order valence-electron chi connectivity index (χ3n) is 4.33. The molecule has 3 N–H and O–H groups in total. The molecule has 18 heavy (non-hydrogen) atoms. The number of hydrogen-bond donors (Lipinski definition) is 2. The molecule has 0 aromatic carbocycles. The summed E-state index contributed by atoms with van der Waals surface area (Å²) < 4.78 is 11.4. The maximum atomic E-state index is 6.02. The van der Waals surface area contributed by atoms with Gasteiger partial charge in [-0.15, -0.1) is 0 Å². The Balaban J connectivity index is 1.66. The molecule has 3 heterocycles. The van der Waals surface area contributed by atoms with Crippen molar-refractivity contribution < 1.29 is 9.47 Å². The van der Waals surface area contributed by atoms with Crippen LogP contribution >= 0.6 is 0 Å². The van der Waals surface area contributed by atoms with Crippen LogP contribution in [0.4, 0.5) is 0 Å². The molecule has 3 aliphatic rings. The number of ether oxygens (including phenoxy) is 2. The van der Waals surface area contributed by atoms with E-state index in [4.69, 9.17) is 15.3 Å². The van der Waals surface area contributed by atoms with Gasteiger partial charge in [0.2, 0.25) is 0 Å².